The number of carbonyl (C=O) groups excluding carboxylic acids is 2. The predicted molar refractivity (Wildman–Crippen MR) is 375 cm³/mol. The summed E-state index contributed by atoms with van der Waals surface area (Å²) in [6.45, 7) is 1.75. The molecule has 4 amide bonds. The highest BCUT2D eigenvalue weighted by atomic mass is 32.2. The van der Waals surface area contributed by atoms with Crippen LogP contribution in [0.1, 0.15) is 116 Å². The van der Waals surface area contributed by atoms with Gasteiger partial charge in [-0.1, -0.05) is 194 Å². The van der Waals surface area contributed by atoms with Crippen molar-refractivity contribution in [3.63, 3.8) is 0 Å². The second-order valence-electron chi connectivity index (χ2n) is 24.3. The number of ether oxygens (including phenoxy) is 2. The molecular formula is C76H78N10O6S2. The van der Waals surface area contributed by atoms with E-state index in [0.29, 0.717) is 26.3 Å². The summed E-state index contributed by atoms with van der Waals surface area (Å²) in [6.07, 6.45) is 15.6. The lowest BCUT2D eigenvalue weighted by Gasteiger charge is -2.33. The van der Waals surface area contributed by atoms with Gasteiger partial charge in [-0.15, -0.1) is 0 Å². The van der Waals surface area contributed by atoms with Crippen LogP contribution in [0.5, 0.6) is 0 Å². The van der Waals surface area contributed by atoms with Gasteiger partial charge in [0.15, 0.2) is 19.8 Å². The molecule has 4 aliphatic carbocycles. The summed E-state index contributed by atoms with van der Waals surface area (Å²) in [5.41, 5.74) is 26.1. The number of nitrogens with zero attached hydrogens (tertiary/aromatic N) is 4. The molecule has 18 heteroatoms. The molecule has 8 aromatic carbocycles. The number of carbonyl (C=O) groups is 2. The molecular weight excluding hydrogens is 1210 g/mol. The van der Waals surface area contributed by atoms with Gasteiger partial charge in [-0.25, -0.2) is 27.5 Å². The van der Waals surface area contributed by atoms with Gasteiger partial charge >= 0.3 is 12.1 Å². The number of hydrogen-bond acceptors (Lipinski definition) is 12. The molecule has 0 aromatic heterocycles. The van der Waals surface area contributed by atoms with Crippen LogP contribution >= 0.6 is 0 Å². The molecule has 0 fully saturated rings. The van der Waals surface area contributed by atoms with Crippen LogP contribution in [0.15, 0.2) is 235 Å². The standard InChI is InChI=1S/2C38H39N5O3S/c2*39-26-34(36-40-23-12-24-46-36)47(45,42-37(44)41-35-32-21-10-13-27(32)25-28-14-11-22-33(28)35)43-38(29-15-4-1-5-16-29,30-17-6-2-7-18-30)31-19-8-3-9-20-31/h2*1-9,15-20,25-26H,10-14,21-24,39H2,(H2,41,42,43,44,45). The fraction of sp³-hybridized carbons (Fsp3) is 0.263. The first kappa shape index (κ1) is 63.0. The number of nitrogens with two attached hydrogens (primary N) is 2. The van der Waals surface area contributed by atoms with Gasteiger partial charge in [0.25, 0.3) is 0 Å². The van der Waals surface area contributed by atoms with Crippen LogP contribution in [0.2, 0.25) is 0 Å². The Morgan fingerprint density at radius 3 is 0.904 bits per heavy atom. The van der Waals surface area contributed by atoms with E-state index >= 15 is 8.42 Å². The zero-order chi connectivity index (χ0) is 64.5. The molecule has 0 saturated heterocycles. The van der Waals surface area contributed by atoms with Crippen molar-refractivity contribution in [2.75, 3.05) is 36.9 Å². The van der Waals surface area contributed by atoms with Crippen LogP contribution in [-0.4, -0.2) is 58.6 Å². The molecule has 2 atom stereocenters. The number of benzene rings is 8. The Hall–Kier alpha value is -9.78. The Balaban J connectivity index is 0.000000171. The minimum Gasteiger partial charge on any atom is -0.477 e. The van der Waals surface area contributed by atoms with Gasteiger partial charge in [0.05, 0.1) is 13.2 Å². The minimum absolute atomic E-state index is 0.0306. The largest absolute Gasteiger partial charge is 0.477 e. The number of fused-ring (bicyclic) bond motifs is 4. The van der Waals surface area contributed by atoms with Crippen molar-refractivity contribution >= 4 is 55.1 Å². The first-order valence-corrected chi connectivity index (χ1v) is 35.7. The third kappa shape index (κ3) is 12.5. The molecule has 2 unspecified atom stereocenters. The van der Waals surface area contributed by atoms with Crippen molar-refractivity contribution in [3.05, 3.63) is 294 Å². The lowest BCUT2D eigenvalue weighted by atomic mass is 9.78. The smallest absolute Gasteiger partial charge is 0.331 e. The van der Waals surface area contributed by atoms with Gasteiger partial charge in [0.1, 0.15) is 20.9 Å². The number of amides is 4. The average Bonchev–Trinajstić information content (AvgIpc) is 1.37. The summed E-state index contributed by atoms with van der Waals surface area (Å²) in [7, 11) is -7.77. The second kappa shape index (κ2) is 27.8. The van der Waals surface area contributed by atoms with Gasteiger partial charge in [-0.3, -0.25) is 9.98 Å². The van der Waals surface area contributed by atoms with Gasteiger partial charge in [0, 0.05) is 49.7 Å². The van der Waals surface area contributed by atoms with E-state index < -0.39 is 43.0 Å². The maximum atomic E-state index is 15.8. The second-order valence-corrected chi connectivity index (χ2v) is 28.0. The van der Waals surface area contributed by atoms with E-state index in [1.54, 1.807) is 0 Å². The first-order chi connectivity index (χ1) is 46.0. The lowest BCUT2D eigenvalue weighted by Crippen LogP contribution is -2.41. The molecule has 480 valence electrons. The Kier molecular flexibility index (Phi) is 18.6. The van der Waals surface area contributed by atoms with Crippen molar-refractivity contribution in [2.45, 2.75) is 101 Å². The van der Waals surface area contributed by atoms with E-state index in [1.807, 2.05) is 182 Å². The van der Waals surface area contributed by atoms with Crippen molar-refractivity contribution < 1.29 is 27.5 Å². The van der Waals surface area contributed by atoms with Gasteiger partial charge in [0.2, 0.25) is 11.8 Å². The molecule has 0 bridgehead atoms. The van der Waals surface area contributed by atoms with Gasteiger partial charge < -0.3 is 31.6 Å². The van der Waals surface area contributed by atoms with E-state index in [4.69, 9.17) is 29.7 Å². The number of anilines is 2. The molecule has 6 aliphatic rings. The summed E-state index contributed by atoms with van der Waals surface area (Å²) in [5.74, 6) is 0.245. The van der Waals surface area contributed by atoms with Crippen LogP contribution in [-0.2, 0) is 91.7 Å². The number of aryl methyl sites for hydroxylation is 4. The third-order valence-corrected chi connectivity index (χ3v) is 22.3. The van der Waals surface area contributed by atoms with Crippen LogP contribution in [0.4, 0.5) is 21.0 Å². The quantitative estimate of drug-likeness (QED) is 0.0508. The highest BCUT2D eigenvalue weighted by Crippen LogP contribution is 2.46. The van der Waals surface area contributed by atoms with E-state index in [2.05, 4.69) is 42.2 Å². The molecule has 2 heterocycles. The zero-order valence-electron chi connectivity index (χ0n) is 52.6. The predicted octanol–water partition coefficient (Wildman–Crippen LogP) is 13.6. The Morgan fingerprint density at radius 1 is 0.404 bits per heavy atom. The van der Waals surface area contributed by atoms with Crippen LogP contribution in [0, 0.1) is 0 Å². The van der Waals surface area contributed by atoms with Crippen molar-refractivity contribution in [3.8, 4) is 0 Å². The number of aliphatic imine (C=N–C) groups is 2. The summed E-state index contributed by atoms with van der Waals surface area (Å²) in [4.78, 5) is 37.6. The maximum absolute atomic E-state index is 15.8. The molecule has 0 spiro atoms. The van der Waals surface area contributed by atoms with Crippen LogP contribution in [0.3, 0.4) is 0 Å². The fourth-order valence-electron chi connectivity index (χ4n) is 14.3. The number of urea groups is 2. The Labute approximate surface area is 551 Å². The van der Waals surface area contributed by atoms with E-state index in [-0.39, 0.29) is 21.6 Å². The van der Waals surface area contributed by atoms with Gasteiger partial charge in [-0.05, 0) is 155 Å². The maximum Gasteiger partial charge on any atom is 0.331 e. The number of nitrogens with one attached hydrogen (secondary N) is 4. The molecule has 0 radical (unpaired) electrons. The van der Waals surface area contributed by atoms with Crippen LogP contribution in [0.25, 0.3) is 0 Å². The molecule has 8 N–H and O–H groups in total. The first-order valence-electron chi connectivity index (χ1n) is 32.6. The van der Waals surface area contributed by atoms with Crippen molar-refractivity contribution in [1.29, 1.82) is 0 Å². The molecule has 94 heavy (non-hydrogen) atoms. The molecule has 0 saturated carbocycles. The summed E-state index contributed by atoms with van der Waals surface area (Å²) in [6, 6.07) is 61.6. The summed E-state index contributed by atoms with van der Waals surface area (Å²) >= 11 is 0. The highest BCUT2D eigenvalue weighted by molar-refractivity contribution is 7.97. The van der Waals surface area contributed by atoms with Gasteiger partial charge in [-0.2, -0.15) is 8.73 Å². The average molecular weight is 1290 g/mol. The normalized spacial score (nSPS) is 17.0. The summed E-state index contributed by atoms with van der Waals surface area (Å²) < 4.78 is 59.6. The SMILES string of the molecule is NC=C(C1=NCCCO1)S(=O)(=NC(c1ccccc1)(c1ccccc1)c1ccccc1)NC(=O)Nc1c2c(cc3c1CCC3)CCC2.NC=C(C1=NCCCO1)S(=O)(=NC(c1ccccc1)(c1ccccc1)c1ccccc1)NC(=O)Nc1c2c(cc3c1CCC3)CCC2. The highest BCUT2D eigenvalue weighted by Gasteiger charge is 2.43. The van der Waals surface area contributed by atoms with E-state index in [0.717, 1.165) is 135 Å². The third-order valence-electron chi connectivity index (χ3n) is 18.5. The summed E-state index contributed by atoms with van der Waals surface area (Å²) in [5, 5.41) is 6.29. The molecule has 2 aliphatic heterocycles. The fourth-order valence-corrected chi connectivity index (χ4v) is 17.9. The van der Waals surface area contributed by atoms with Crippen LogP contribution < -0.4 is 31.5 Å². The molecule has 8 aromatic rings. The van der Waals surface area contributed by atoms with E-state index in [9.17, 15) is 9.59 Å². The monoisotopic (exact) mass is 1290 g/mol. The minimum atomic E-state index is -3.89. The van der Waals surface area contributed by atoms with Crippen molar-refractivity contribution in [2.24, 2.45) is 30.2 Å². The lowest BCUT2D eigenvalue weighted by molar-refractivity contribution is 0.256. The van der Waals surface area contributed by atoms with Crippen molar-refractivity contribution in [1.82, 2.24) is 9.44 Å². The zero-order valence-corrected chi connectivity index (χ0v) is 54.2. The molecule has 14 rings (SSSR count). The van der Waals surface area contributed by atoms with E-state index in [1.165, 1.54) is 56.9 Å². The number of hydrogen-bond donors (Lipinski definition) is 6. The Morgan fingerprint density at radius 2 is 0.670 bits per heavy atom. The topological polar surface area (TPSA) is 236 Å². The number of rotatable bonds is 16. The Bertz CT molecular complexity index is 3960. The molecule has 16 nitrogen and oxygen atoms in total.